The van der Waals surface area contributed by atoms with E-state index in [4.69, 9.17) is 9.47 Å². The van der Waals surface area contributed by atoms with Crippen LogP contribution in [0, 0.1) is 5.92 Å². The van der Waals surface area contributed by atoms with Crippen molar-refractivity contribution in [3.63, 3.8) is 0 Å². The summed E-state index contributed by atoms with van der Waals surface area (Å²) in [6.07, 6.45) is -4.47. The molecule has 1 aliphatic rings. The van der Waals surface area contributed by atoms with E-state index in [2.05, 4.69) is 15.3 Å². The predicted octanol–water partition coefficient (Wildman–Crippen LogP) is 7.15. The molecular formula is C29H28F3N3O4S. The van der Waals surface area contributed by atoms with E-state index in [-0.39, 0.29) is 18.8 Å². The highest BCUT2D eigenvalue weighted by atomic mass is 32.1. The molecule has 2 atom stereocenters. The van der Waals surface area contributed by atoms with E-state index in [1.165, 1.54) is 17.4 Å². The Bertz CT molecular complexity index is 1480. The van der Waals surface area contributed by atoms with Crippen molar-refractivity contribution in [3.8, 4) is 11.3 Å². The van der Waals surface area contributed by atoms with Gasteiger partial charge in [0.2, 0.25) is 0 Å². The average Bonchev–Trinajstić information content (AvgIpc) is 3.37. The molecule has 11 heteroatoms. The normalized spacial score (nSPS) is 17.3. The topological polar surface area (TPSA) is 89.9 Å². The first-order valence-corrected chi connectivity index (χ1v) is 13.5. The molecule has 3 aromatic rings. The molecule has 0 spiro atoms. The Labute approximate surface area is 233 Å². The second-order valence-electron chi connectivity index (χ2n) is 9.01. The molecule has 1 aromatic heterocycles. The molecule has 2 heterocycles. The molecule has 4 rings (SSSR count). The number of thiazole rings is 1. The molecule has 1 N–H and O–H groups in total. The quantitative estimate of drug-likeness (QED) is 0.289. The fraction of sp³-hybridized carbons (Fsp3) is 0.310. The monoisotopic (exact) mass is 571 g/mol. The third-order valence-corrected chi connectivity index (χ3v) is 7.15. The average molecular weight is 572 g/mol. The van der Waals surface area contributed by atoms with Gasteiger partial charge in [-0.15, -0.1) is 11.3 Å². The number of anilines is 2. The van der Waals surface area contributed by atoms with Gasteiger partial charge in [-0.3, -0.25) is 9.79 Å². The maximum atomic E-state index is 13.2. The van der Waals surface area contributed by atoms with Crippen LogP contribution in [0.25, 0.3) is 11.3 Å². The lowest BCUT2D eigenvalue weighted by molar-refractivity contribution is -0.146. The zero-order valence-corrected chi connectivity index (χ0v) is 23.2. The molecule has 0 fully saturated rings. The van der Waals surface area contributed by atoms with E-state index in [9.17, 15) is 22.8 Å². The molecule has 0 saturated carbocycles. The predicted molar refractivity (Wildman–Crippen MR) is 148 cm³/mol. The van der Waals surface area contributed by atoms with E-state index in [0.29, 0.717) is 39.0 Å². The van der Waals surface area contributed by atoms with Gasteiger partial charge >= 0.3 is 18.1 Å². The second kappa shape index (κ2) is 12.0. The third-order valence-electron chi connectivity index (χ3n) is 6.39. The molecule has 2 unspecified atom stereocenters. The van der Waals surface area contributed by atoms with Crippen LogP contribution in [0.3, 0.4) is 0 Å². The summed E-state index contributed by atoms with van der Waals surface area (Å²) < 4.78 is 50.4. The van der Waals surface area contributed by atoms with E-state index >= 15 is 0 Å². The molecule has 7 nitrogen and oxygen atoms in total. The van der Waals surface area contributed by atoms with Gasteiger partial charge in [-0.1, -0.05) is 30.3 Å². The van der Waals surface area contributed by atoms with Crippen molar-refractivity contribution in [2.45, 2.75) is 39.8 Å². The number of halogens is 3. The third kappa shape index (κ3) is 6.09. The number of hydrogen-bond donors (Lipinski definition) is 1. The van der Waals surface area contributed by atoms with Gasteiger partial charge in [0.25, 0.3) is 0 Å². The number of esters is 2. The first-order chi connectivity index (χ1) is 19.0. The minimum Gasteiger partial charge on any atom is -0.465 e. The molecule has 1 aliphatic heterocycles. The van der Waals surface area contributed by atoms with Crippen molar-refractivity contribution in [2.24, 2.45) is 10.9 Å². The molecule has 0 radical (unpaired) electrons. The van der Waals surface area contributed by atoms with E-state index < -0.39 is 35.5 Å². The van der Waals surface area contributed by atoms with Crippen LogP contribution in [0.4, 0.5) is 24.0 Å². The molecule has 0 saturated heterocycles. The number of nitrogens with zero attached hydrogens (tertiary/aromatic N) is 2. The lowest BCUT2D eigenvalue weighted by Gasteiger charge is -2.32. The minimum atomic E-state index is -4.47. The highest BCUT2D eigenvalue weighted by Crippen LogP contribution is 2.43. The second-order valence-corrected chi connectivity index (χ2v) is 9.87. The first kappa shape index (κ1) is 29.0. The summed E-state index contributed by atoms with van der Waals surface area (Å²) in [6.45, 7) is 7.12. The fourth-order valence-electron chi connectivity index (χ4n) is 4.70. The SMILES string of the molecule is CCOC(=O)C1=C(C)N=C(C)C(C(=O)OCC)C1c1ccccc1Nc1nc(-c2cccc(C(F)(F)F)c2)cs1. The lowest BCUT2D eigenvalue weighted by Crippen LogP contribution is -2.36. The molecular weight excluding hydrogens is 543 g/mol. The van der Waals surface area contributed by atoms with Crippen molar-refractivity contribution in [1.82, 2.24) is 4.98 Å². The van der Waals surface area contributed by atoms with Gasteiger partial charge in [0.1, 0.15) is 5.92 Å². The number of rotatable bonds is 8. The van der Waals surface area contributed by atoms with Crippen LogP contribution >= 0.6 is 11.3 Å². The summed E-state index contributed by atoms with van der Waals surface area (Å²) in [5.41, 5.74) is 2.34. The minimum absolute atomic E-state index is 0.145. The number of hydrogen-bond acceptors (Lipinski definition) is 8. The van der Waals surface area contributed by atoms with Crippen LogP contribution in [0.5, 0.6) is 0 Å². The van der Waals surface area contributed by atoms with Crippen molar-refractivity contribution in [3.05, 3.63) is 76.3 Å². The van der Waals surface area contributed by atoms with Crippen LogP contribution < -0.4 is 5.32 Å². The van der Waals surface area contributed by atoms with E-state index in [0.717, 1.165) is 12.1 Å². The zero-order valence-electron chi connectivity index (χ0n) is 22.3. The summed E-state index contributed by atoms with van der Waals surface area (Å²) in [6, 6.07) is 12.1. The van der Waals surface area contributed by atoms with Crippen LogP contribution in [0.2, 0.25) is 0 Å². The highest BCUT2D eigenvalue weighted by Gasteiger charge is 2.43. The number of ether oxygens (including phenoxy) is 2. The van der Waals surface area contributed by atoms with Gasteiger partial charge in [-0.2, -0.15) is 13.2 Å². The Kier molecular flexibility index (Phi) is 8.73. The Morgan fingerprint density at radius 3 is 2.45 bits per heavy atom. The van der Waals surface area contributed by atoms with Gasteiger partial charge in [-0.25, -0.2) is 9.78 Å². The number of para-hydroxylation sites is 1. The lowest BCUT2D eigenvalue weighted by atomic mass is 9.75. The van der Waals surface area contributed by atoms with E-state index in [1.54, 1.807) is 63.4 Å². The molecule has 210 valence electrons. The number of allylic oxidation sites excluding steroid dienone is 1. The molecule has 2 aromatic carbocycles. The Hall–Kier alpha value is -3.99. The van der Waals surface area contributed by atoms with Gasteiger partial charge < -0.3 is 14.8 Å². The van der Waals surface area contributed by atoms with Crippen LogP contribution in [-0.4, -0.2) is 35.8 Å². The molecule has 40 heavy (non-hydrogen) atoms. The van der Waals surface area contributed by atoms with Crippen molar-refractivity contribution < 1.29 is 32.2 Å². The smallest absolute Gasteiger partial charge is 0.416 e. The molecule has 0 bridgehead atoms. The van der Waals surface area contributed by atoms with Gasteiger partial charge in [0.15, 0.2) is 5.13 Å². The molecule has 0 amide bonds. The number of carbonyl (C=O) groups is 2. The van der Waals surface area contributed by atoms with Gasteiger partial charge in [0.05, 0.1) is 30.0 Å². The van der Waals surface area contributed by atoms with Crippen molar-refractivity contribution in [2.75, 3.05) is 18.5 Å². The largest absolute Gasteiger partial charge is 0.465 e. The number of aromatic nitrogens is 1. The Balaban J connectivity index is 1.75. The summed E-state index contributed by atoms with van der Waals surface area (Å²) in [5, 5.41) is 5.32. The van der Waals surface area contributed by atoms with Gasteiger partial charge in [-0.05, 0) is 51.5 Å². The zero-order chi connectivity index (χ0) is 29.0. The number of nitrogens with one attached hydrogen (secondary N) is 1. The number of benzene rings is 2. The van der Waals surface area contributed by atoms with Crippen LogP contribution in [-0.2, 0) is 25.2 Å². The first-order valence-electron chi connectivity index (χ1n) is 12.6. The van der Waals surface area contributed by atoms with Gasteiger partial charge in [0, 0.05) is 34.0 Å². The fourth-order valence-corrected chi connectivity index (χ4v) is 5.43. The van der Waals surface area contributed by atoms with Crippen molar-refractivity contribution in [1.29, 1.82) is 0 Å². The van der Waals surface area contributed by atoms with Crippen molar-refractivity contribution >= 4 is 39.8 Å². The number of aliphatic imine (C=N–C) groups is 1. The summed E-state index contributed by atoms with van der Waals surface area (Å²) in [5.74, 6) is -2.73. The number of carbonyl (C=O) groups excluding carboxylic acids is 2. The summed E-state index contributed by atoms with van der Waals surface area (Å²) in [4.78, 5) is 35.3. The molecule has 0 aliphatic carbocycles. The summed E-state index contributed by atoms with van der Waals surface area (Å²) in [7, 11) is 0. The number of alkyl halides is 3. The van der Waals surface area contributed by atoms with E-state index in [1.807, 2.05) is 0 Å². The Morgan fingerprint density at radius 2 is 1.75 bits per heavy atom. The highest BCUT2D eigenvalue weighted by molar-refractivity contribution is 7.14. The maximum absolute atomic E-state index is 13.2. The Morgan fingerprint density at radius 1 is 1.02 bits per heavy atom. The van der Waals surface area contributed by atoms with Crippen LogP contribution in [0.1, 0.15) is 44.7 Å². The van der Waals surface area contributed by atoms with Crippen LogP contribution in [0.15, 0.2) is 70.2 Å². The standard InChI is InChI=1S/C29H28F3N3O4S/c1-5-38-26(36)23-16(3)33-17(4)24(27(37)39-6-2)25(23)20-12-7-8-13-21(20)34-28-35-22(15-40-28)18-10-9-11-19(14-18)29(30,31)32/h7-15,23,25H,5-6H2,1-4H3,(H,34,35). The maximum Gasteiger partial charge on any atom is 0.416 e. The summed E-state index contributed by atoms with van der Waals surface area (Å²) >= 11 is 1.22.